The molecule has 0 aliphatic carbocycles. The molecule has 2 N–H and O–H groups in total. The number of hydrogen-bond acceptors (Lipinski definition) is 3. The number of nitrogens with zero attached hydrogens (tertiary/aromatic N) is 1. The Balaban J connectivity index is 1.61. The maximum absolute atomic E-state index is 12.0. The molecule has 0 saturated carbocycles. The van der Waals surface area contributed by atoms with Crippen molar-refractivity contribution in [1.29, 1.82) is 0 Å². The lowest BCUT2D eigenvalue weighted by Crippen LogP contribution is -2.39. The second-order valence-electron chi connectivity index (χ2n) is 5.87. The molecule has 26 heavy (non-hydrogen) atoms. The van der Waals surface area contributed by atoms with Crippen LogP contribution in [-0.4, -0.2) is 18.0 Å². The monoisotopic (exact) mass is 345 g/mol. The van der Waals surface area contributed by atoms with E-state index in [2.05, 4.69) is 15.8 Å². The molecule has 5 heteroatoms. The fraction of sp³-hybridized carbons (Fsp3) is 0.0952. The van der Waals surface area contributed by atoms with E-state index < -0.39 is 11.8 Å². The number of hydrazone groups is 1. The molecule has 3 aromatic rings. The second-order valence-corrected chi connectivity index (χ2v) is 5.87. The molecular formula is C21H19N3O2. The topological polar surface area (TPSA) is 70.6 Å². The average Bonchev–Trinajstić information content (AvgIpc) is 2.68. The van der Waals surface area contributed by atoms with Crippen LogP contribution in [0.2, 0.25) is 0 Å². The van der Waals surface area contributed by atoms with Gasteiger partial charge in [-0.15, -0.1) is 0 Å². The molecule has 5 nitrogen and oxygen atoms in total. The van der Waals surface area contributed by atoms with Gasteiger partial charge in [0.15, 0.2) is 0 Å². The molecule has 0 aliphatic rings. The smallest absolute Gasteiger partial charge is 0.329 e. The van der Waals surface area contributed by atoms with Crippen molar-refractivity contribution in [2.75, 3.05) is 0 Å². The minimum Gasteiger partial charge on any atom is -0.341 e. The molecule has 0 radical (unpaired) electrons. The lowest BCUT2D eigenvalue weighted by atomic mass is 10.1. The number of fused-ring (bicyclic) bond motifs is 1. The molecule has 2 amide bonds. The lowest BCUT2D eigenvalue weighted by molar-refractivity contribution is -0.139. The van der Waals surface area contributed by atoms with Gasteiger partial charge in [-0.3, -0.25) is 9.59 Å². The third-order valence-electron chi connectivity index (χ3n) is 4.05. The van der Waals surface area contributed by atoms with E-state index in [1.54, 1.807) is 0 Å². The standard InChI is InChI=1S/C21H19N3O2/c1-15(16-8-3-2-4-9-16)23-20(25)21(26)24-22-14-18-12-7-11-17-10-5-6-13-19(17)18/h2-15H,1H3,(H,23,25)(H,24,26). The summed E-state index contributed by atoms with van der Waals surface area (Å²) in [5.41, 5.74) is 4.06. The van der Waals surface area contributed by atoms with Crippen molar-refractivity contribution in [3.63, 3.8) is 0 Å². The first-order valence-electron chi connectivity index (χ1n) is 8.32. The van der Waals surface area contributed by atoms with Crippen molar-refractivity contribution in [1.82, 2.24) is 10.7 Å². The molecule has 0 heterocycles. The van der Waals surface area contributed by atoms with E-state index in [-0.39, 0.29) is 6.04 Å². The van der Waals surface area contributed by atoms with E-state index >= 15 is 0 Å². The Morgan fingerprint density at radius 2 is 1.58 bits per heavy atom. The summed E-state index contributed by atoms with van der Waals surface area (Å²) in [7, 11) is 0. The second kappa shape index (κ2) is 8.07. The number of amides is 2. The minimum absolute atomic E-state index is 0.267. The first-order valence-corrected chi connectivity index (χ1v) is 8.32. The van der Waals surface area contributed by atoms with Crippen LogP contribution in [0.5, 0.6) is 0 Å². The van der Waals surface area contributed by atoms with Gasteiger partial charge in [-0.25, -0.2) is 5.43 Å². The zero-order valence-corrected chi connectivity index (χ0v) is 14.3. The first-order chi connectivity index (χ1) is 12.6. The Labute approximate surface area is 151 Å². The Kier molecular flexibility index (Phi) is 5.39. The molecule has 0 fully saturated rings. The van der Waals surface area contributed by atoms with Crippen LogP contribution >= 0.6 is 0 Å². The van der Waals surface area contributed by atoms with E-state index in [1.165, 1.54) is 6.21 Å². The molecule has 0 bridgehead atoms. The highest BCUT2D eigenvalue weighted by Crippen LogP contribution is 2.16. The van der Waals surface area contributed by atoms with Crippen LogP contribution in [0.25, 0.3) is 10.8 Å². The quantitative estimate of drug-likeness (QED) is 0.433. The number of rotatable bonds is 4. The lowest BCUT2D eigenvalue weighted by Gasteiger charge is -2.13. The van der Waals surface area contributed by atoms with Gasteiger partial charge in [0.1, 0.15) is 0 Å². The van der Waals surface area contributed by atoms with Crippen LogP contribution in [0.15, 0.2) is 77.9 Å². The summed E-state index contributed by atoms with van der Waals surface area (Å²) in [6.45, 7) is 1.82. The predicted molar refractivity (Wildman–Crippen MR) is 103 cm³/mol. The molecule has 3 aromatic carbocycles. The van der Waals surface area contributed by atoms with Crippen molar-refractivity contribution in [3.8, 4) is 0 Å². The summed E-state index contributed by atoms with van der Waals surface area (Å²) in [5, 5.41) is 8.66. The van der Waals surface area contributed by atoms with Gasteiger partial charge < -0.3 is 5.32 Å². The fourth-order valence-corrected chi connectivity index (χ4v) is 2.66. The normalized spacial score (nSPS) is 12.0. The summed E-state index contributed by atoms with van der Waals surface area (Å²) >= 11 is 0. The maximum atomic E-state index is 12.0. The number of nitrogens with one attached hydrogen (secondary N) is 2. The SMILES string of the molecule is CC(NC(=O)C(=O)NN=Cc1cccc2ccccc12)c1ccccc1. The van der Waals surface area contributed by atoms with Crippen molar-refractivity contribution in [3.05, 3.63) is 83.9 Å². The van der Waals surface area contributed by atoms with Gasteiger partial charge >= 0.3 is 11.8 Å². The van der Waals surface area contributed by atoms with Gasteiger partial charge in [-0.1, -0.05) is 72.8 Å². The van der Waals surface area contributed by atoms with Crippen LogP contribution in [0.4, 0.5) is 0 Å². The highest BCUT2D eigenvalue weighted by molar-refractivity contribution is 6.35. The molecule has 130 valence electrons. The maximum Gasteiger partial charge on any atom is 0.329 e. The Morgan fingerprint density at radius 3 is 2.38 bits per heavy atom. The molecule has 0 aromatic heterocycles. The average molecular weight is 345 g/mol. The molecular weight excluding hydrogens is 326 g/mol. The van der Waals surface area contributed by atoms with E-state index in [0.717, 1.165) is 21.9 Å². The molecule has 0 spiro atoms. The zero-order valence-electron chi connectivity index (χ0n) is 14.3. The molecule has 3 rings (SSSR count). The van der Waals surface area contributed by atoms with Gasteiger partial charge in [0, 0.05) is 5.56 Å². The van der Waals surface area contributed by atoms with Crippen molar-refractivity contribution >= 4 is 28.8 Å². The highest BCUT2D eigenvalue weighted by atomic mass is 16.2. The molecule has 1 atom stereocenters. The van der Waals surface area contributed by atoms with Crippen LogP contribution in [0, 0.1) is 0 Å². The fourth-order valence-electron chi connectivity index (χ4n) is 2.66. The van der Waals surface area contributed by atoms with Gasteiger partial charge in [0.2, 0.25) is 0 Å². The molecule has 1 unspecified atom stereocenters. The van der Waals surface area contributed by atoms with Crippen molar-refractivity contribution < 1.29 is 9.59 Å². The molecule has 0 aliphatic heterocycles. The summed E-state index contributed by atoms with van der Waals surface area (Å²) in [6, 6.07) is 22.9. The van der Waals surface area contributed by atoms with Gasteiger partial charge in [-0.05, 0) is 23.3 Å². The van der Waals surface area contributed by atoms with E-state index in [1.807, 2.05) is 79.7 Å². The van der Waals surface area contributed by atoms with Gasteiger partial charge in [0.05, 0.1) is 12.3 Å². The third kappa shape index (κ3) is 4.13. The first kappa shape index (κ1) is 17.4. The van der Waals surface area contributed by atoms with Gasteiger partial charge in [-0.2, -0.15) is 5.10 Å². The summed E-state index contributed by atoms with van der Waals surface area (Å²) in [4.78, 5) is 23.9. The minimum atomic E-state index is -0.802. The van der Waals surface area contributed by atoms with Crippen LogP contribution in [-0.2, 0) is 9.59 Å². The zero-order chi connectivity index (χ0) is 18.4. The van der Waals surface area contributed by atoms with Gasteiger partial charge in [0.25, 0.3) is 0 Å². The summed E-state index contributed by atoms with van der Waals surface area (Å²) in [6.07, 6.45) is 1.54. The third-order valence-corrected chi connectivity index (χ3v) is 4.05. The van der Waals surface area contributed by atoms with Crippen LogP contribution in [0.1, 0.15) is 24.1 Å². The Bertz CT molecular complexity index is 946. The number of hydrogen-bond donors (Lipinski definition) is 2. The van der Waals surface area contributed by atoms with Crippen molar-refractivity contribution in [2.24, 2.45) is 5.10 Å². The molecule has 0 saturated heterocycles. The van der Waals surface area contributed by atoms with E-state index in [9.17, 15) is 9.59 Å². The summed E-state index contributed by atoms with van der Waals surface area (Å²) in [5.74, 6) is -1.53. The van der Waals surface area contributed by atoms with Crippen molar-refractivity contribution in [2.45, 2.75) is 13.0 Å². The number of benzene rings is 3. The van der Waals surface area contributed by atoms with E-state index in [4.69, 9.17) is 0 Å². The van der Waals surface area contributed by atoms with Crippen LogP contribution in [0.3, 0.4) is 0 Å². The van der Waals surface area contributed by atoms with Crippen LogP contribution < -0.4 is 10.7 Å². The Morgan fingerprint density at radius 1 is 0.885 bits per heavy atom. The number of carbonyl (C=O) groups excluding carboxylic acids is 2. The predicted octanol–water partition coefficient (Wildman–Crippen LogP) is 3.17. The number of carbonyl (C=O) groups is 2. The largest absolute Gasteiger partial charge is 0.341 e. The summed E-state index contributed by atoms with van der Waals surface area (Å²) < 4.78 is 0. The van der Waals surface area contributed by atoms with E-state index in [0.29, 0.717) is 0 Å². The highest BCUT2D eigenvalue weighted by Gasteiger charge is 2.16. The Hall–Kier alpha value is -3.47.